The van der Waals surface area contributed by atoms with Crippen LogP contribution in [0, 0.1) is 0 Å². The van der Waals surface area contributed by atoms with E-state index in [0.29, 0.717) is 12.2 Å². The number of amides is 1. The molecule has 0 unspecified atom stereocenters. The highest BCUT2D eigenvalue weighted by molar-refractivity contribution is 5.85. The van der Waals surface area contributed by atoms with Crippen molar-refractivity contribution in [2.24, 2.45) is 5.73 Å². The van der Waals surface area contributed by atoms with Gasteiger partial charge in [-0.15, -0.1) is 0 Å². The molecule has 118 valence electrons. The van der Waals surface area contributed by atoms with Crippen molar-refractivity contribution in [2.75, 3.05) is 19.0 Å². The lowest BCUT2D eigenvalue weighted by Gasteiger charge is -2.26. The quantitative estimate of drug-likeness (QED) is 0.893. The Hall–Kier alpha value is -1.75. The van der Waals surface area contributed by atoms with E-state index in [4.69, 9.17) is 15.2 Å². The molecule has 1 aromatic rings. The number of carbonyl (C=O) groups is 1. The standard InChI is InChI=1S/C16H26N2O3/c1-15(2,3)21-14(19)18-11-7-8-13(20-6)12(9-11)16(4,5)10-17/h7-9H,10,17H2,1-6H3,(H,18,19). The average Bonchev–Trinajstić information content (AvgIpc) is 2.36. The molecule has 0 bridgehead atoms. The van der Waals surface area contributed by atoms with Crippen LogP contribution in [0.2, 0.25) is 0 Å². The minimum Gasteiger partial charge on any atom is -0.496 e. The summed E-state index contributed by atoms with van der Waals surface area (Å²) in [5.74, 6) is 0.750. The Kier molecular flexibility index (Phi) is 5.23. The van der Waals surface area contributed by atoms with Crippen molar-refractivity contribution in [3.8, 4) is 5.75 Å². The summed E-state index contributed by atoms with van der Waals surface area (Å²) < 4.78 is 10.6. The van der Waals surface area contributed by atoms with E-state index >= 15 is 0 Å². The maximum absolute atomic E-state index is 11.8. The predicted octanol–water partition coefficient (Wildman–Crippen LogP) is 3.28. The molecule has 0 saturated carbocycles. The molecule has 5 nitrogen and oxygen atoms in total. The van der Waals surface area contributed by atoms with Crippen LogP contribution in [0.15, 0.2) is 18.2 Å². The fourth-order valence-electron chi connectivity index (χ4n) is 1.85. The molecule has 1 rings (SSSR count). The molecule has 0 spiro atoms. The van der Waals surface area contributed by atoms with Crippen molar-refractivity contribution in [1.29, 1.82) is 0 Å². The minimum atomic E-state index is -0.532. The van der Waals surface area contributed by atoms with Crippen molar-refractivity contribution in [1.82, 2.24) is 0 Å². The van der Waals surface area contributed by atoms with Crippen LogP contribution in [0.25, 0.3) is 0 Å². The van der Waals surface area contributed by atoms with Crippen LogP contribution in [-0.4, -0.2) is 25.3 Å². The molecule has 0 heterocycles. The highest BCUT2D eigenvalue weighted by atomic mass is 16.6. The van der Waals surface area contributed by atoms with Crippen LogP contribution in [0.4, 0.5) is 10.5 Å². The second-order valence-electron chi connectivity index (χ2n) is 6.63. The van der Waals surface area contributed by atoms with Gasteiger partial charge < -0.3 is 15.2 Å². The second kappa shape index (κ2) is 6.35. The van der Waals surface area contributed by atoms with E-state index in [-0.39, 0.29) is 5.41 Å². The number of anilines is 1. The molecule has 0 aliphatic heterocycles. The largest absolute Gasteiger partial charge is 0.496 e. The first-order chi connectivity index (χ1) is 9.59. The van der Waals surface area contributed by atoms with Crippen molar-refractivity contribution >= 4 is 11.8 Å². The molecule has 21 heavy (non-hydrogen) atoms. The van der Waals surface area contributed by atoms with Gasteiger partial charge in [-0.25, -0.2) is 4.79 Å². The van der Waals surface area contributed by atoms with Gasteiger partial charge in [0.25, 0.3) is 0 Å². The first kappa shape index (κ1) is 17.3. The molecule has 1 aromatic carbocycles. The molecule has 1 amide bonds. The summed E-state index contributed by atoms with van der Waals surface area (Å²) in [5.41, 5.74) is 6.64. The molecule has 0 saturated heterocycles. The third-order valence-corrected chi connectivity index (χ3v) is 3.08. The number of ether oxygens (including phenoxy) is 2. The smallest absolute Gasteiger partial charge is 0.412 e. The Morgan fingerprint density at radius 2 is 1.86 bits per heavy atom. The van der Waals surface area contributed by atoms with Crippen LogP contribution >= 0.6 is 0 Å². The van der Waals surface area contributed by atoms with E-state index in [1.807, 2.05) is 46.8 Å². The highest BCUT2D eigenvalue weighted by Gasteiger charge is 2.24. The van der Waals surface area contributed by atoms with E-state index in [0.717, 1.165) is 11.3 Å². The minimum absolute atomic E-state index is 0.253. The SMILES string of the molecule is COc1ccc(NC(=O)OC(C)(C)C)cc1C(C)(C)CN. The highest BCUT2D eigenvalue weighted by Crippen LogP contribution is 2.33. The number of carbonyl (C=O) groups excluding carboxylic acids is 1. The summed E-state index contributed by atoms with van der Waals surface area (Å²) >= 11 is 0. The van der Waals surface area contributed by atoms with E-state index in [1.54, 1.807) is 13.2 Å². The Labute approximate surface area is 126 Å². The van der Waals surface area contributed by atoms with Gasteiger partial charge in [-0.05, 0) is 39.0 Å². The lowest BCUT2D eigenvalue weighted by atomic mass is 9.84. The van der Waals surface area contributed by atoms with Crippen LogP contribution in [0.5, 0.6) is 5.75 Å². The lowest BCUT2D eigenvalue weighted by Crippen LogP contribution is -2.29. The summed E-state index contributed by atoms with van der Waals surface area (Å²) in [6, 6.07) is 5.47. The third-order valence-electron chi connectivity index (χ3n) is 3.08. The van der Waals surface area contributed by atoms with E-state index in [2.05, 4.69) is 5.32 Å². The Morgan fingerprint density at radius 3 is 2.33 bits per heavy atom. The third kappa shape index (κ3) is 4.93. The van der Waals surface area contributed by atoms with E-state index in [9.17, 15) is 4.79 Å². The van der Waals surface area contributed by atoms with Gasteiger partial charge in [0.1, 0.15) is 11.4 Å². The molecule has 3 N–H and O–H groups in total. The fraction of sp³-hybridized carbons (Fsp3) is 0.562. The zero-order valence-corrected chi connectivity index (χ0v) is 13.7. The Balaban J connectivity index is 3.01. The average molecular weight is 294 g/mol. The molecule has 0 fully saturated rings. The predicted molar refractivity (Wildman–Crippen MR) is 84.9 cm³/mol. The molecular weight excluding hydrogens is 268 g/mol. The van der Waals surface area contributed by atoms with Crippen LogP contribution in [0.1, 0.15) is 40.2 Å². The first-order valence-corrected chi connectivity index (χ1v) is 6.97. The van der Waals surface area contributed by atoms with Crippen LogP contribution in [-0.2, 0) is 10.2 Å². The molecule has 0 aliphatic rings. The van der Waals surface area contributed by atoms with Gasteiger partial charge in [0.2, 0.25) is 0 Å². The zero-order chi connectivity index (χ0) is 16.3. The van der Waals surface area contributed by atoms with Crippen molar-refractivity contribution < 1.29 is 14.3 Å². The molecule has 0 atom stereocenters. The van der Waals surface area contributed by atoms with E-state index < -0.39 is 11.7 Å². The van der Waals surface area contributed by atoms with Gasteiger partial charge >= 0.3 is 6.09 Å². The van der Waals surface area contributed by atoms with Crippen LogP contribution < -0.4 is 15.8 Å². The first-order valence-electron chi connectivity index (χ1n) is 6.97. The van der Waals surface area contributed by atoms with Gasteiger partial charge in [-0.3, -0.25) is 5.32 Å². The van der Waals surface area contributed by atoms with Crippen molar-refractivity contribution in [3.63, 3.8) is 0 Å². The molecule has 5 heteroatoms. The van der Waals surface area contributed by atoms with E-state index in [1.165, 1.54) is 0 Å². The molecule has 0 aliphatic carbocycles. The summed E-state index contributed by atoms with van der Waals surface area (Å²) in [5, 5.41) is 2.73. The van der Waals surface area contributed by atoms with Gasteiger partial charge in [0.15, 0.2) is 0 Å². The summed E-state index contributed by atoms with van der Waals surface area (Å²) in [6.45, 7) is 10.0. The maximum atomic E-state index is 11.8. The normalized spacial score (nSPS) is 12.0. The number of rotatable bonds is 4. The number of nitrogens with two attached hydrogens (primary N) is 1. The van der Waals surface area contributed by atoms with Gasteiger partial charge in [-0.2, -0.15) is 0 Å². The fourth-order valence-corrected chi connectivity index (χ4v) is 1.85. The van der Waals surface area contributed by atoms with Gasteiger partial charge in [0, 0.05) is 23.2 Å². The van der Waals surface area contributed by atoms with Gasteiger partial charge in [0.05, 0.1) is 7.11 Å². The zero-order valence-electron chi connectivity index (χ0n) is 13.7. The number of methoxy groups -OCH3 is 1. The van der Waals surface area contributed by atoms with Crippen molar-refractivity contribution in [2.45, 2.75) is 45.6 Å². The molecule has 0 aromatic heterocycles. The molecular formula is C16H26N2O3. The second-order valence-corrected chi connectivity index (χ2v) is 6.63. The monoisotopic (exact) mass is 294 g/mol. The van der Waals surface area contributed by atoms with Crippen LogP contribution in [0.3, 0.4) is 0 Å². The summed E-state index contributed by atoms with van der Waals surface area (Å²) in [7, 11) is 1.62. The number of hydrogen-bond acceptors (Lipinski definition) is 4. The lowest BCUT2D eigenvalue weighted by molar-refractivity contribution is 0.0636. The Bertz CT molecular complexity index is 505. The number of nitrogens with one attached hydrogen (secondary N) is 1. The van der Waals surface area contributed by atoms with Gasteiger partial charge in [-0.1, -0.05) is 13.8 Å². The topological polar surface area (TPSA) is 73.6 Å². The van der Waals surface area contributed by atoms with Crippen molar-refractivity contribution in [3.05, 3.63) is 23.8 Å². The molecule has 0 radical (unpaired) electrons. The summed E-state index contributed by atoms with van der Waals surface area (Å²) in [4.78, 5) is 11.8. The summed E-state index contributed by atoms with van der Waals surface area (Å²) in [6.07, 6.45) is -0.482. The number of hydrogen-bond donors (Lipinski definition) is 2. The maximum Gasteiger partial charge on any atom is 0.412 e. The number of benzene rings is 1. The Morgan fingerprint density at radius 1 is 1.24 bits per heavy atom.